The second-order valence-electron chi connectivity index (χ2n) is 6.80. The van der Waals surface area contributed by atoms with Crippen LogP contribution in [0.25, 0.3) is 10.8 Å². The van der Waals surface area contributed by atoms with Gasteiger partial charge in [-0.1, -0.05) is 60.3 Å². The predicted molar refractivity (Wildman–Crippen MR) is 117 cm³/mol. The zero-order chi connectivity index (χ0) is 21.1. The molecule has 1 aliphatic rings. The van der Waals surface area contributed by atoms with Gasteiger partial charge in [0, 0.05) is 23.5 Å². The van der Waals surface area contributed by atoms with E-state index in [2.05, 4.69) is 4.99 Å². The number of amides is 2. The lowest BCUT2D eigenvalue weighted by Crippen LogP contribution is -2.31. The summed E-state index contributed by atoms with van der Waals surface area (Å²) in [4.78, 5) is 41.8. The molecule has 0 spiro atoms. The van der Waals surface area contributed by atoms with Crippen molar-refractivity contribution >= 4 is 39.9 Å². The van der Waals surface area contributed by atoms with Crippen LogP contribution in [0.15, 0.2) is 64.4 Å². The smallest absolute Gasteiger partial charge is 0.288 e. The molecule has 0 aliphatic carbocycles. The monoisotopic (exact) mass is 421 g/mol. The van der Waals surface area contributed by atoms with Gasteiger partial charge >= 0.3 is 0 Å². The number of pyridine rings is 1. The van der Waals surface area contributed by atoms with E-state index in [0.29, 0.717) is 16.3 Å². The molecular weight excluding hydrogens is 402 g/mol. The summed E-state index contributed by atoms with van der Waals surface area (Å²) in [5.74, 6) is -0.224. The topological polar surface area (TPSA) is 92.0 Å². The highest BCUT2D eigenvalue weighted by Crippen LogP contribution is 2.24. The summed E-state index contributed by atoms with van der Waals surface area (Å²) in [6.45, 7) is 0.623. The molecule has 1 aliphatic heterocycles. The molecule has 4 rings (SSSR count). The van der Waals surface area contributed by atoms with E-state index in [4.69, 9.17) is 0 Å². The molecule has 1 N–H and O–H groups in total. The number of benzene rings is 2. The van der Waals surface area contributed by atoms with Crippen molar-refractivity contribution in [3.05, 3.63) is 76.1 Å². The molecule has 8 heteroatoms. The highest BCUT2D eigenvalue weighted by atomic mass is 32.2. The van der Waals surface area contributed by atoms with Gasteiger partial charge in [0.25, 0.3) is 10.8 Å². The zero-order valence-electron chi connectivity index (χ0n) is 16.0. The van der Waals surface area contributed by atoms with E-state index < -0.39 is 0 Å². The Balaban J connectivity index is 1.67. The number of imide groups is 1. The third kappa shape index (κ3) is 3.86. The Morgan fingerprint density at radius 3 is 2.40 bits per heavy atom. The molecule has 0 unspecified atom stereocenters. The van der Waals surface area contributed by atoms with Gasteiger partial charge in [-0.3, -0.25) is 28.8 Å². The molecule has 7 nitrogen and oxygen atoms in total. The van der Waals surface area contributed by atoms with Crippen LogP contribution >= 0.6 is 11.8 Å². The lowest BCUT2D eigenvalue weighted by atomic mass is 10.1. The van der Waals surface area contributed by atoms with Crippen molar-refractivity contribution in [2.24, 2.45) is 4.99 Å². The number of hydrogen-bond acceptors (Lipinski definition) is 6. The van der Waals surface area contributed by atoms with Crippen molar-refractivity contribution in [3.8, 4) is 5.88 Å². The summed E-state index contributed by atoms with van der Waals surface area (Å²) >= 11 is 0.984. The van der Waals surface area contributed by atoms with Crippen LogP contribution in [0.5, 0.6) is 5.88 Å². The number of hydrogen-bond donors (Lipinski definition) is 1. The zero-order valence-corrected chi connectivity index (χ0v) is 16.8. The minimum atomic E-state index is -0.283. The summed E-state index contributed by atoms with van der Waals surface area (Å²) < 4.78 is 1.32. The lowest BCUT2D eigenvalue weighted by Gasteiger charge is -2.14. The first-order valence-corrected chi connectivity index (χ1v) is 10.4. The fourth-order valence-electron chi connectivity index (χ4n) is 3.36. The molecule has 2 amide bonds. The van der Waals surface area contributed by atoms with E-state index >= 15 is 0 Å². The van der Waals surface area contributed by atoms with E-state index in [-0.39, 0.29) is 48.0 Å². The Labute approximate surface area is 176 Å². The number of aliphatic imine (C=N–C) groups is 1. The first kappa shape index (κ1) is 19.9. The molecule has 1 fully saturated rings. The quantitative estimate of drug-likeness (QED) is 0.618. The van der Waals surface area contributed by atoms with Crippen molar-refractivity contribution in [1.29, 1.82) is 0 Å². The number of fused-ring (bicyclic) bond motifs is 1. The van der Waals surface area contributed by atoms with E-state index in [1.165, 1.54) is 15.7 Å². The van der Waals surface area contributed by atoms with Crippen LogP contribution in [-0.4, -0.2) is 50.8 Å². The highest BCUT2D eigenvalue weighted by molar-refractivity contribution is 8.14. The summed E-state index contributed by atoms with van der Waals surface area (Å²) in [6, 6.07) is 16.5. The molecule has 1 aromatic heterocycles. The number of nitrogens with zero attached hydrogens (tertiary/aromatic N) is 3. The molecule has 30 heavy (non-hydrogen) atoms. The van der Waals surface area contributed by atoms with E-state index in [0.717, 1.165) is 17.3 Å². The standard InChI is InChI=1S/C22H19N3O4S/c26-19-14-30-22(29)24(19)11-10-23-12-18-16-8-4-5-9-17(16)20(27)25(21(18)28)13-15-6-2-1-3-7-15/h1-9,12,28H,10-11,13-14H2. The third-order valence-corrected chi connectivity index (χ3v) is 5.75. The normalized spacial score (nSPS) is 14.3. The number of carbonyl (C=O) groups is 2. The van der Waals surface area contributed by atoms with Gasteiger partial charge in [0.1, 0.15) is 0 Å². The van der Waals surface area contributed by atoms with Gasteiger partial charge in [-0.05, 0) is 11.6 Å². The predicted octanol–water partition coefficient (Wildman–Crippen LogP) is 2.87. The third-order valence-electron chi connectivity index (χ3n) is 4.89. The number of carbonyl (C=O) groups excluding carboxylic acids is 2. The Morgan fingerprint density at radius 1 is 1.00 bits per heavy atom. The van der Waals surface area contributed by atoms with Gasteiger partial charge in [0.2, 0.25) is 11.8 Å². The average Bonchev–Trinajstić information content (AvgIpc) is 3.09. The van der Waals surface area contributed by atoms with E-state index in [9.17, 15) is 19.5 Å². The van der Waals surface area contributed by atoms with Crippen LogP contribution in [0.2, 0.25) is 0 Å². The molecular formula is C22H19N3O4S. The first-order valence-electron chi connectivity index (χ1n) is 9.41. The van der Waals surface area contributed by atoms with Crippen LogP contribution in [-0.2, 0) is 11.3 Å². The van der Waals surface area contributed by atoms with Crippen molar-refractivity contribution in [3.63, 3.8) is 0 Å². The molecule has 152 valence electrons. The molecule has 2 heterocycles. The maximum absolute atomic E-state index is 13.0. The van der Waals surface area contributed by atoms with Crippen LogP contribution in [0.1, 0.15) is 11.1 Å². The summed E-state index contributed by atoms with van der Waals surface area (Å²) in [5, 5.41) is 11.7. The van der Waals surface area contributed by atoms with Crippen LogP contribution in [0.4, 0.5) is 4.79 Å². The largest absolute Gasteiger partial charge is 0.494 e. The lowest BCUT2D eigenvalue weighted by molar-refractivity contribution is -0.124. The maximum Gasteiger partial charge on any atom is 0.288 e. The Hall–Kier alpha value is -3.39. The first-order chi connectivity index (χ1) is 14.6. The molecule has 0 radical (unpaired) electrons. The molecule has 2 aromatic carbocycles. The Kier molecular flexibility index (Phi) is 5.67. The highest BCUT2D eigenvalue weighted by Gasteiger charge is 2.29. The molecule has 3 aromatic rings. The number of rotatable bonds is 6. The molecule has 0 atom stereocenters. The van der Waals surface area contributed by atoms with Crippen molar-refractivity contribution in [2.45, 2.75) is 6.54 Å². The van der Waals surface area contributed by atoms with Gasteiger partial charge in [0.15, 0.2) is 0 Å². The van der Waals surface area contributed by atoms with Gasteiger partial charge in [-0.15, -0.1) is 0 Å². The fourth-order valence-corrected chi connectivity index (χ4v) is 4.11. The Morgan fingerprint density at radius 2 is 1.70 bits per heavy atom. The summed E-state index contributed by atoms with van der Waals surface area (Å²) in [7, 11) is 0. The minimum absolute atomic E-state index is 0.165. The minimum Gasteiger partial charge on any atom is -0.494 e. The van der Waals surface area contributed by atoms with Crippen molar-refractivity contribution in [1.82, 2.24) is 9.47 Å². The van der Waals surface area contributed by atoms with Crippen LogP contribution in [0.3, 0.4) is 0 Å². The van der Waals surface area contributed by atoms with Gasteiger partial charge < -0.3 is 5.11 Å². The van der Waals surface area contributed by atoms with Crippen molar-refractivity contribution in [2.75, 3.05) is 18.8 Å². The number of aromatic nitrogens is 1. The second-order valence-corrected chi connectivity index (χ2v) is 7.72. The van der Waals surface area contributed by atoms with Crippen LogP contribution in [0, 0.1) is 0 Å². The van der Waals surface area contributed by atoms with E-state index in [1.807, 2.05) is 30.3 Å². The average molecular weight is 421 g/mol. The summed E-state index contributed by atoms with van der Waals surface area (Å²) in [6.07, 6.45) is 1.50. The van der Waals surface area contributed by atoms with Gasteiger partial charge in [0.05, 0.1) is 24.4 Å². The number of aromatic hydroxyl groups is 1. The Bertz CT molecular complexity index is 1190. The molecule has 0 saturated carbocycles. The summed E-state index contributed by atoms with van der Waals surface area (Å²) in [5.41, 5.74) is 1.03. The second kappa shape index (κ2) is 8.54. The maximum atomic E-state index is 13.0. The SMILES string of the molecule is O=C1CSC(=O)N1CCN=Cc1c(O)n(Cc2ccccc2)c(=O)c2ccccc12. The molecule has 0 bridgehead atoms. The van der Waals surface area contributed by atoms with Crippen LogP contribution < -0.4 is 5.56 Å². The molecule has 1 saturated heterocycles. The van der Waals surface area contributed by atoms with Gasteiger partial charge in [-0.2, -0.15) is 0 Å². The van der Waals surface area contributed by atoms with Crippen molar-refractivity contribution < 1.29 is 14.7 Å². The fraction of sp³-hybridized carbons (Fsp3) is 0.182. The number of thioether (sulfide) groups is 1. The van der Waals surface area contributed by atoms with Gasteiger partial charge in [-0.25, -0.2) is 0 Å². The van der Waals surface area contributed by atoms with E-state index in [1.54, 1.807) is 24.3 Å².